The zero-order valence-corrected chi connectivity index (χ0v) is 20.4. The van der Waals surface area contributed by atoms with Gasteiger partial charge in [-0.15, -0.1) is 0 Å². The lowest BCUT2D eigenvalue weighted by Gasteiger charge is -2.38. The van der Waals surface area contributed by atoms with Crippen LogP contribution in [0.3, 0.4) is 0 Å². The molecule has 34 heavy (non-hydrogen) atoms. The fraction of sp³-hybridized carbons (Fsp3) is 0.480. The fourth-order valence-corrected chi connectivity index (χ4v) is 4.62. The highest BCUT2D eigenvalue weighted by Crippen LogP contribution is 2.48. The van der Waals surface area contributed by atoms with E-state index in [1.807, 2.05) is 6.92 Å². The largest absolute Gasteiger partial charge is 0.497 e. The van der Waals surface area contributed by atoms with Gasteiger partial charge in [-0.2, -0.15) is 0 Å². The third kappa shape index (κ3) is 4.65. The molecule has 9 nitrogen and oxygen atoms in total. The number of carbonyl (C=O) groups excluding carboxylic acids is 3. The molecule has 1 aliphatic heterocycles. The van der Waals surface area contributed by atoms with Crippen molar-refractivity contribution in [2.24, 2.45) is 11.8 Å². The lowest BCUT2D eigenvalue weighted by Crippen LogP contribution is -2.43. The average Bonchev–Trinajstić information content (AvgIpc) is 2.82. The predicted octanol–water partition coefficient (Wildman–Crippen LogP) is 2.51. The molecule has 0 bridgehead atoms. The minimum absolute atomic E-state index is 0.0513. The molecule has 0 saturated heterocycles. The number of ether oxygens (including phenoxy) is 5. The van der Waals surface area contributed by atoms with Crippen molar-refractivity contribution in [2.75, 3.05) is 41.7 Å². The molecule has 1 aromatic carbocycles. The summed E-state index contributed by atoms with van der Waals surface area (Å²) in [6.07, 6.45) is 0.437. The quantitative estimate of drug-likeness (QED) is 0.346. The van der Waals surface area contributed by atoms with Crippen LogP contribution in [0.25, 0.3) is 0 Å². The summed E-state index contributed by atoms with van der Waals surface area (Å²) in [5.74, 6) is -2.67. The average molecular weight is 474 g/mol. The SMILES string of the molecule is COCCOC(=O)C1=C(C)NC2=C(C(=O)[C@@H](C(=O)OC)[C@H](C)C2)[C@@H]1c1cc(OC)ccc1OC. The first-order chi connectivity index (χ1) is 16.3. The van der Waals surface area contributed by atoms with Crippen LogP contribution in [0.15, 0.2) is 40.7 Å². The lowest BCUT2D eigenvalue weighted by molar-refractivity contribution is -0.151. The van der Waals surface area contributed by atoms with E-state index in [4.69, 9.17) is 23.7 Å². The predicted molar refractivity (Wildman–Crippen MR) is 122 cm³/mol. The standard InChI is InChI=1S/C25H31NO8/c1-13-11-17-22(23(27)19(13)24(28)33-6)21(16-12-15(31-4)7-8-18(16)32-5)20(14(2)26-17)25(29)34-10-9-30-3/h7-8,12-13,19,21,26H,9-11H2,1-6H3/t13-,19+,21-/m1/s1. The van der Waals surface area contributed by atoms with E-state index in [-0.39, 0.29) is 24.7 Å². The van der Waals surface area contributed by atoms with Crippen molar-refractivity contribution >= 4 is 17.7 Å². The second kappa shape index (κ2) is 10.7. The number of dihydropyridines is 1. The molecule has 0 saturated carbocycles. The van der Waals surface area contributed by atoms with Gasteiger partial charge in [0.05, 0.1) is 39.4 Å². The molecular weight excluding hydrogens is 442 g/mol. The summed E-state index contributed by atoms with van der Waals surface area (Å²) >= 11 is 0. The Labute approximate surface area is 199 Å². The van der Waals surface area contributed by atoms with E-state index in [2.05, 4.69) is 5.32 Å². The maximum absolute atomic E-state index is 13.8. The van der Waals surface area contributed by atoms with E-state index in [0.717, 1.165) is 0 Å². The van der Waals surface area contributed by atoms with Gasteiger partial charge in [-0.05, 0) is 37.5 Å². The molecule has 3 rings (SSSR count). The van der Waals surface area contributed by atoms with Crippen molar-refractivity contribution < 1.29 is 38.1 Å². The molecule has 0 fully saturated rings. The molecule has 0 spiro atoms. The molecule has 2 aliphatic rings. The van der Waals surface area contributed by atoms with Gasteiger partial charge in [0.15, 0.2) is 5.78 Å². The van der Waals surface area contributed by atoms with Crippen LogP contribution in [0.5, 0.6) is 11.5 Å². The van der Waals surface area contributed by atoms with Crippen molar-refractivity contribution in [2.45, 2.75) is 26.2 Å². The Morgan fingerprint density at radius 3 is 2.44 bits per heavy atom. The molecule has 9 heteroatoms. The number of methoxy groups -OCH3 is 4. The van der Waals surface area contributed by atoms with Gasteiger partial charge in [0.1, 0.15) is 24.0 Å². The van der Waals surface area contributed by atoms with Gasteiger partial charge in [-0.1, -0.05) is 6.92 Å². The maximum atomic E-state index is 13.8. The number of Topliss-reactive ketones (excluding diaryl/α,β-unsaturated/α-hetero) is 1. The molecule has 0 unspecified atom stereocenters. The molecule has 0 amide bonds. The van der Waals surface area contributed by atoms with Gasteiger partial charge >= 0.3 is 11.9 Å². The number of allylic oxidation sites excluding steroid dienone is 3. The summed E-state index contributed by atoms with van der Waals surface area (Å²) in [6.45, 7) is 3.88. The summed E-state index contributed by atoms with van der Waals surface area (Å²) in [5.41, 5.74) is 2.36. The van der Waals surface area contributed by atoms with Gasteiger partial charge < -0.3 is 29.0 Å². The highest BCUT2D eigenvalue weighted by atomic mass is 16.6. The molecule has 184 valence electrons. The van der Waals surface area contributed by atoms with Crippen LogP contribution < -0.4 is 14.8 Å². The zero-order chi connectivity index (χ0) is 25.0. The number of hydrogen-bond donors (Lipinski definition) is 1. The Hall–Kier alpha value is -3.33. The molecule has 1 aliphatic carbocycles. The minimum atomic E-state index is -0.978. The number of benzene rings is 1. The summed E-state index contributed by atoms with van der Waals surface area (Å²) in [4.78, 5) is 39.6. The van der Waals surface area contributed by atoms with Crippen LogP contribution in [0.4, 0.5) is 0 Å². The minimum Gasteiger partial charge on any atom is -0.497 e. The second-order valence-electron chi connectivity index (χ2n) is 8.27. The van der Waals surface area contributed by atoms with Crippen molar-refractivity contribution in [3.8, 4) is 11.5 Å². The summed E-state index contributed by atoms with van der Waals surface area (Å²) in [6, 6.07) is 5.18. The first-order valence-corrected chi connectivity index (χ1v) is 11.0. The number of esters is 2. The summed E-state index contributed by atoms with van der Waals surface area (Å²) in [5, 5.41) is 3.23. The van der Waals surface area contributed by atoms with Crippen LogP contribution in [0.1, 0.15) is 31.7 Å². The van der Waals surface area contributed by atoms with Crippen molar-refractivity contribution in [3.63, 3.8) is 0 Å². The third-order valence-corrected chi connectivity index (χ3v) is 6.23. The van der Waals surface area contributed by atoms with Crippen molar-refractivity contribution in [1.82, 2.24) is 5.32 Å². The van der Waals surface area contributed by atoms with Gasteiger partial charge in [0.25, 0.3) is 0 Å². The van der Waals surface area contributed by atoms with Crippen LogP contribution >= 0.6 is 0 Å². The Balaban J connectivity index is 2.22. The summed E-state index contributed by atoms with van der Waals surface area (Å²) in [7, 11) is 5.81. The highest BCUT2D eigenvalue weighted by molar-refractivity contribution is 6.12. The number of nitrogens with one attached hydrogen (secondary N) is 1. The van der Waals surface area contributed by atoms with E-state index in [0.29, 0.717) is 40.5 Å². The zero-order valence-electron chi connectivity index (χ0n) is 20.4. The molecule has 1 heterocycles. The monoisotopic (exact) mass is 473 g/mol. The fourth-order valence-electron chi connectivity index (χ4n) is 4.62. The van der Waals surface area contributed by atoms with Crippen molar-refractivity contribution in [1.29, 1.82) is 0 Å². The third-order valence-electron chi connectivity index (χ3n) is 6.23. The first-order valence-electron chi connectivity index (χ1n) is 11.0. The van der Waals surface area contributed by atoms with E-state index in [9.17, 15) is 14.4 Å². The lowest BCUT2D eigenvalue weighted by atomic mass is 9.69. The molecular formula is C25H31NO8. The van der Waals surface area contributed by atoms with E-state index >= 15 is 0 Å². The highest BCUT2D eigenvalue weighted by Gasteiger charge is 2.48. The second-order valence-corrected chi connectivity index (χ2v) is 8.27. The summed E-state index contributed by atoms with van der Waals surface area (Å²) < 4.78 is 26.4. The Morgan fingerprint density at radius 2 is 1.82 bits per heavy atom. The number of ketones is 1. The van der Waals surface area contributed by atoms with Crippen molar-refractivity contribution in [3.05, 3.63) is 46.3 Å². The number of carbonyl (C=O) groups is 3. The molecule has 0 aromatic heterocycles. The number of rotatable bonds is 8. The molecule has 0 radical (unpaired) electrons. The van der Waals surface area contributed by atoms with E-state index < -0.39 is 29.6 Å². The van der Waals surface area contributed by atoms with Crippen LogP contribution in [-0.4, -0.2) is 59.4 Å². The topological polar surface area (TPSA) is 109 Å². The van der Waals surface area contributed by atoms with Gasteiger partial charge in [0, 0.05) is 29.6 Å². The Morgan fingerprint density at radius 1 is 1.09 bits per heavy atom. The molecule has 1 aromatic rings. The van der Waals surface area contributed by atoms with Gasteiger partial charge in [-0.3, -0.25) is 9.59 Å². The first kappa shape index (κ1) is 25.3. The van der Waals surface area contributed by atoms with Gasteiger partial charge in [0.2, 0.25) is 0 Å². The Kier molecular flexibility index (Phi) is 7.98. The van der Waals surface area contributed by atoms with Crippen LogP contribution in [0.2, 0.25) is 0 Å². The maximum Gasteiger partial charge on any atom is 0.336 e. The van der Waals surface area contributed by atoms with E-state index in [1.165, 1.54) is 28.4 Å². The normalized spacial score (nSPS) is 22.1. The Bertz CT molecular complexity index is 1040. The smallest absolute Gasteiger partial charge is 0.336 e. The van der Waals surface area contributed by atoms with E-state index in [1.54, 1.807) is 25.1 Å². The van der Waals surface area contributed by atoms with Crippen LogP contribution in [0, 0.1) is 11.8 Å². The molecule has 1 N–H and O–H groups in total. The molecule has 3 atom stereocenters. The number of hydrogen-bond acceptors (Lipinski definition) is 9. The van der Waals surface area contributed by atoms with Crippen LogP contribution in [-0.2, 0) is 28.6 Å². The van der Waals surface area contributed by atoms with Gasteiger partial charge in [-0.25, -0.2) is 4.79 Å².